The first kappa shape index (κ1) is 19.1. The molecule has 1 aromatic carbocycles. The van der Waals surface area contributed by atoms with Crippen molar-refractivity contribution in [2.45, 2.75) is 31.7 Å². The minimum atomic E-state index is -0.331. The molecule has 4 rings (SSSR count). The molecular weight excluding hydrogens is 348 g/mol. The van der Waals surface area contributed by atoms with E-state index in [1.54, 1.807) is 0 Å². The average molecular weight is 379 g/mol. The van der Waals surface area contributed by atoms with Gasteiger partial charge in [-0.15, -0.1) is 0 Å². The molecule has 148 valence electrons. The third-order valence-corrected chi connectivity index (χ3v) is 6.15. The first-order chi connectivity index (χ1) is 13.8. The molecule has 1 atom stereocenters. The summed E-state index contributed by atoms with van der Waals surface area (Å²) in [6, 6.07) is 14.6. The second-order valence-corrected chi connectivity index (χ2v) is 8.16. The van der Waals surface area contributed by atoms with Crippen molar-refractivity contribution in [2.75, 3.05) is 32.7 Å². The van der Waals surface area contributed by atoms with Gasteiger partial charge in [-0.2, -0.15) is 0 Å². The van der Waals surface area contributed by atoms with Crippen molar-refractivity contribution < 1.29 is 4.79 Å². The molecule has 2 aromatic rings. The highest BCUT2D eigenvalue weighted by Crippen LogP contribution is 2.29. The van der Waals surface area contributed by atoms with E-state index in [1.165, 1.54) is 30.4 Å². The SMILES string of the molecule is O=C(NCC(c1cccnc1)N1CCCCC1)C1(Cc2ccccc2)CNC1. The standard InChI is InChI=1S/C23H30N4O/c28-22(23(17-25-18-23)14-19-8-3-1-4-9-19)26-16-21(20-10-7-11-24-15-20)27-12-5-2-6-13-27/h1,3-4,7-11,15,21,25H,2,5-6,12-14,16-18H2,(H,26,28). The third kappa shape index (κ3) is 4.26. The van der Waals surface area contributed by atoms with Crippen molar-refractivity contribution in [1.29, 1.82) is 0 Å². The van der Waals surface area contributed by atoms with E-state index >= 15 is 0 Å². The lowest BCUT2D eigenvalue weighted by Gasteiger charge is -2.42. The number of carbonyl (C=O) groups excluding carboxylic acids is 1. The highest BCUT2D eigenvalue weighted by atomic mass is 16.2. The lowest BCUT2D eigenvalue weighted by atomic mass is 9.75. The van der Waals surface area contributed by atoms with Crippen molar-refractivity contribution in [3.8, 4) is 0 Å². The lowest BCUT2D eigenvalue weighted by molar-refractivity contribution is -0.134. The third-order valence-electron chi connectivity index (χ3n) is 6.15. The van der Waals surface area contributed by atoms with E-state index in [0.29, 0.717) is 6.54 Å². The molecule has 5 heteroatoms. The fourth-order valence-electron chi connectivity index (χ4n) is 4.42. The van der Waals surface area contributed by atoms with Gasteiger partial charge in [0.15, 0.2) is 0 Å². The second-order valence-electron chi connectivity index (χ2n) is 8.16. The van der Waals surface area contributed by atoms with Gasteiger partial charge in [-0.1, -0.05) is 42.8 Å². The van der Waals surface area contributed by atoms with Crippen LogP contribution in [0.3, 0.4) is 0 Å². The number of pyridine rings is 1. The van der Waals surface area contributed by atoms with Crippen molar-refractivity contribution >= 4 is 5.91 Å². The molecule has 0 spiro atoms. The zero-order chi connectivity index (χ0) is 19.2. The van der Waals surface area contributed by atoms with Crippen LogP contribution in [0.4, 0.5) is 0 Å². The Morgan fingerprint density at radius 2 is 1.89 bits per heavy atom. The maximum atomic E-state index is 13.2. The highest BCUT2D eigenvalue weighted by molar-refractivity contribution is 5.84. The van der Waals surface area contributed by atoms with Crippen LogP contribution in [-0.4, -0.2) is 48.5 Å². The van der Waals surface area contributed by atoms with Gasteiger partial charge in [0.25, 0.3) is 0 Å². The predicted octanol–water partition coefficient (Wildman–Crippen LogP) is 2.56. The molecule has 2 aliphatic heterocycles. The summed E-state index contributed by atoms with van der Waals surface area (Å²) in [7, 11) is 0. The largest absolute Gasteiger partial charge is 0.354 e. The van der Waals surface area contributed by atoms with E-state index in [0.717, 1.165) is 32.6 Å². The second kappa shape index (κ2) is 8.84. The molecule has 2 N–H and O–H groups in total. The summed E-state index contributed by atoms with van der Waals surface area (Å²) in [5.41, 5.74) is 2.08. The average Bonchev–Trinajstić information content (AvgIpc) is 2.73. The van der Waals surface area contributed by atoms with Crippen molar-refractivity contribution in [1.82, 2.24) is 20.5 Å². The van der Waals surface area contributed by atoms with Gasteiger partial charge in [-0.25, -0.2) is 0 Å². The molecule has 2 aliphatic rings. The van der Waals surface area contributed by atoms with E-state index in [2.05, 4.69) is 38.7 Å². The molecule has 28 heavy (non-hydrogen) atoms. The number of amides is 1. The van der Waals surface area contributed by atoms with E-state index in [9.17, 15) is 4.79 Å². The summed E-state index contributed by atoms with van der Waals surface area (Å²) in [5, 5.41) is 6.60. The molecule has 1 aromatic heterocycles. The Kier molecular flexibility index (Phi) is 6.03. The summed E-state index contributed by atoms with van der Waals surface area (Å²) in [5.74, 6) is 0.168. The number of likely N-dealkylation sites (tertiary alicyclic amines) is 1. The molecule has 0 saturated carbocycles. The first-order valence-electron chi connectivity index (χ1n) is 10.4. The number of hydrogen-bond acceptors (Lipinski definition) is 4. The van der Waals surface area contributed by atoms with Crippen molar-refractivity contribution in [3.05, 3.63) is 66.0 Å². The fourth-order valence-corrected chi connectivity index (χ4v) is 4.42. The topological polar surface area (TPSA) is 57.3 Å². The van der Waals surface area contributed by atoms with Crippen LogP contribution in [0, 0.1) is 5.41 Å². The number of nitrogens with zero attached hydrogens (tertiary/aromatic N) is 2. The number of nitrogens with one attached hydrogen (secondary N) is 2. The monoisotopic (exact) mass is 378 g/mol. The number of hydrogen-bond donors (Lipinski definition) is 2. The van der Waals surface area contributed by atoms with Gasteiger partial charge in [-0.3, -0.25) is 14.7 Å². The normalized spacial score (nSPS) is 20.1. The number of benzene rings is 1. The van der Waals surface area contributed by atoms with Crippen LogP contribution < -0.4 is 10.6 Å². The molecule has 2 saturated heterocycles. The molecule has 0 radical (unpaired) electrons. The smallest absolute Gasteiger partial charge is 0.229 e. The minimum Gasteiger partial charge on any atom is -0.354 e. The molecular formula is C23H30N4O. The molecule has 2 fully saturated rings. The Morgan fingerprint density at radius 3 is 2.54 bits per heavy atom. The summed E-state index contributed by atoms with van der Waals surface area (Å²) in [4.78, 5) is 20.0. The van der Waals surface area contributed by atoms with E-state index in [-0.39, 0.29) is 17.4 Å². The molecule has 0 aliphatic carbocycles. The number of carbonyl (C=O) groups is 1. The van der Waals surface area contributed by atoms with E-state index in [4.69, 9.17) is 0 Å². The van der Waals surface area contributed by atoms with E-state index < -0.39 is 0 Å². The Hall–Kier alpha value is -2.24. The Morgan fingerprint density at radius 1 is 1.11 bits per heavy atom. The Balaban J connectivity index is 1.44. The summed E-state index contributed by atoms with van der Waals surface area (Å²) < 4.78 is 0. The van der Waals surface area contributed by atoms with Gasteiger partial charge < -0.3 is 10.6 Å². The van der Waals surface area contributed by atoms with Gasteiger partial charge >= 0.3 is 0 Å². The van der Waals surface area contributed by atoms with Gasteiger partial charge in [0, 0.05) is 32.0 Å². The number of rotatable bonds is 7. The first-order valence-corrected chi connectivity index (χ1v) is 10.4. The molecule has 1 amide bonds. The van der Waals surface area contributed by atoms with Crippen LogP contribution in [0.1, 0.15) is 36.4 Å². The summed E-state index contributed by atoms with van der Waals surface area (Å²) in [6.07, 6.45) is 8.29. The quantitative estimate of drug-likeness (QED) is 0.777. The maximum absolute atomic E-state index is 13.2. The lowest BCUT2D eigenvalue weighted by Crippen LogP contribution is -2.63. The van der Waals surface area contributed by atoms with Crippen LogP contribution in [0.25, 0.3) is 0 Å². The zero-order valence-electron chi connectivity index (χ0n) is 16.4. The molecule has 1 unspecified atom stereocenters. The minimum absolute atomic E-state index is 0.168. The Bertz CT molecular complexity index is 755. The number of piperidine rings is 1. The molecule has 3 heterocycles. The van der Waals surface area contributed by atoms with Crippen molar-refractivity contribution in [3.63, 3.8) is 0 Å². The fraction of sp³-hybridized carbons (Fsp3) is 0.478. The summed E-state index contributed by atoms with van der Waals surface area (Å²) in [6.45, 7) is 4.31. The zero-order valence-corrected chi connectivity index (χ0v) is 16.4. The van der Waals surface area contributed by atoms with E-state index in [1.807, 2.05) is 36.7 Å². The van der Waals surface area contributed by atoms with Crippen LogP contribution in [0.2, 0.25) is 0 Å². The van der Waals surface area contributed by atoms with Crippen molar-refractivity contribution in [2.24, 2.45) is 5.41 Å². The van der Waals surface area contributed by atoms with Crippen LogP contribution in [0.5, 0.6) is 0 Å². The van der Waals surface area contributed by atoms with Gasteiger partial charge in [0.1, 0.15) is 0 Å². The van der Waals surface area contributed by atoms with Crippen LogP contribution in [0.15, 0.2) is 54.9 Å². The molecule has 5 nitrogen and oxygen atoms in total. The van der Waals surface area contributed by atoms with Gasteiger partial charge in [0.05, 0.1) is 11.5 Å². The maximum Gasteiger partial charge on any atom is 0.229 e. The highest BCUT2D eigenvalue weighted by Gasteiger charge is 2.44. The predicted molar refractivity (Wildman–Crippen MR) is 111 cm³/mol. The molecule has 0 bridgehead atoms. The summed E-state index contributed by atoms with van der Waals surface area (Å²) >= 11 is 0. The Labute approximate surface area is 167 Å². The van der Waals surface area contributed by atoms with Crippen LogP contribution >= 0.6 is 0 Å². The van der Waals surface area contributed by atoms with Gasteiger partial charge in [0.2, 0.25) is 5.91 Å². The number of aromatic nitrogens is 1. The van der Waals surface area contributed by atoms with Crippen LogP contribution in [-0.2, 0) is 11.2 Å². The van der Waals surface area contributed by atoms with Gasteiger partial charge in [-0.05, 0) is 49.5 Å².